The van der Waals surface area contributed by atoms with E-state index < -0.39 is 6.10 Å². The van der Waals surface area contributed by atoms with Crippen molar-refractivity contribution in [3.8, 4) is 11.5 Å². The van der Waals surface area contributed by atoms with Gasteiger partial charge in [-0.15, -0.1) is 0 Å². The van der Waals surface area contributed by atoms with Gasteiger partial charge < -0.3 is 19.7 Å². The first-order chi connectivity index (χ1) is 12.7. The third-order valence-corrected chi connectivity index (χ3v) is 4.62. The Kier molecular flexibility index (Phi) is 6.00. The summed E-state index contributed by atoms with van der Waals surface area (Å²) in [7, 11) is 1.61. The highest BCUT2D eigenvalue weighted by Crippen LogP contribution is 2.21. The maximum atomic E-state index is 12.3. The molecule has 0 radical (unpaired) electrons. The molecule has 1 fully saturated rings. The number of hydrogen-bond acceptors (Lipinski definition) is 4. The smallest absolute Gasteiger partial charge is 0.261 e. The first kappa shape index (κ1) is 18.1. The summed E-state index contributed by atoms with van der Waals surface area (Å²) in [6.45, 7) is 4.51. The zero-order valence-corrected chi connectivity index (χ0v) is 15.4. The van der Waals surface area contributed by atoms with Crippen molar-refractivity contribution in [3.05, 3.63) is 54.1 Å². The molecule has 1 aliphatic rings. The molecular weight excluding hydrogens is 328 g/mol. The third-order valence-electron chi connectivity index (χ3n) is 4.62. The molecule has 2 aromatic rings. The highest BCUT2D eigenvalue weighted by atomic mass is 16.5. The van der Waals surface area contributed by atoms with Gasteiger partial charge in [-0.2, -0.15) is 0 Å². The molecule has 138 valence electrons. The van der Waals surface area contributed by atoms with Crippen molar-refractivity contribution in [1.29, 1.82) is 0 Å². The van der Waals surface area contributed by atoms with Crippen LogP contribution in [0.5, 0.6) is 11.5 Å². The normalized spacial score (nSPS) is 14.8. The minimum atomic E-state index is -0.563. The average molecular weight is 354 g/mol. The highest BCUT2D eigenvalue weighted by Gasteiger charge is 2.15. The number of carbonyl (C=O) groups excluding carboxylic acids is 1. The molecule has 0 saturated carbocycles. The molecule has 3 rings (SSSR count). The van der Waals surface area contributed by atoms with Gasteiger partial charge in [0, 0.05) is 25.3 Å². The molecule has 5 heteroatoms. The fourth-order valence-electron chi connectivity index (χ4n) is 3.04. The summed E-state index contributed by atoms with van der Waals surface area (Å²) in [4.78, 5) is 14.6. The number of benzene rings is 2. The van der Waals surface area contributed by atoms with E-state index in [0.717, 1.165) is 24.4 Å². The zero-order valence-electron chi connectivity index (χ0n) is 15.4. The molecule has 1 amide bonds. The van der Waals surface area contributed by atoms with Crippen molar-refractivity contribution in [2.45, 2.75) is 32.4 Å². The number of amides is 1. The van der Waals surface area contributed by atoms with E-state index in [1.165, 1.54) is 18.5 Å². The van der Waals surface area contributed by atoms with Crippen LogP contribution in [-0.2, 0) is 11.3 Å². The topological polar surface area (TPSA) is 50.8 Å². The summed E-state index contributed by atoms with van der Waals surface area (Å²) in [6, 6.07) is 15.6. The number of rotatable bonds is 7. The lowest BCUT2D eigenvalue weighted by molar-refractivity contribution is -0.127. The van der Waals surface area contributed by atoms with Crippen molar-refractivity contribution in [2.75, 3.05) is 25.1 Å². The first-order valence-corrected chi connectivity index (χ1v) is 9.08. The molecule has 26 heavy (non-hydrogen) atoms. The van der Waals surface area contributed by atoms with Gasteiger partial charge in [-0.3, -0.25) is 4.79 Å². The van der Waals surface area contributed by atoms with E-state index in [-0.39, 0.29) is 5.91 Å². The zero-order chi connectivity index (χ0) is 18.4. The quantitative estimate of drug-likeness (QED) is 0.828. The molecule has 1 N–H and O–H groups in total. The molecule has 0 bridgehead atoms. The van der Waals surface area contributed by atoms with Crippen molar-refractivity contribution < 1.29 is 14.3 Å². The van der Waals surface area contributed by atoms with Crippen LogP contribution in [0.2, 0.25) is 0 Å². The Morgan fingerprint density at radius 3 is 2.27 bits per heavy atom. The van der Waals surface area contributed by atoms with Gasteiger partial charge in [-0.05, 0) is 61.7 Å². The third kappa shape index (κ3) is 4.69. The molecule has 5 nitrogen and oxygen atoms in total. The van der Waals surface area contributed by atoms with Crippen molar-refractivity contribution in [2.24, 2.45) is 0 Å². The van der Waals surface area contributed by atoms with Crippen LogP contribution in [0.4, 0.5) is 5.69 Å². The molecule has 0 aliphatic carbocycles. The van der Waals surface area contributed by atoms with Crippen LogP contribution in [0.1, 0.15) is 25.3 Å². The first-order valence-electron chi connectivity index (χ1n) is 9.08. The fourth-order valence-corrected chi connectivity index (χ4v) is 3.04. The Labute approximate surface area is 154 Å². The second kappa shape index (κ2) is 8.61. The lowest BCUT2D eigenvalue weighted by Gasteiger charge is -2.18. The summed E-state index contributed by atoms with van der Waals surface area (Å²) in [5.41, 5.74) is 2.34. The summed E-state index contributed by atoms with van der Waals surface area (Å²) in [5, 5.41) is 2.93. The van der Waals surface area contributed by atoms with Crippen molar-refractivity contribution >= 4 is 11.6 Å². The summed E-state index contributed by atoms with van der Waals surface area (Å²) >= 11 is 0. The number of nitrogens with one attached hydrogen (secondary N) is 1. The van der Waals surface area contributed by atoms with Crippen LogP contribution in [0.25, 0.3) is 0 Å². The number of anilines is 1. The van der Waals surface area contributed by atoms with Crippen molar-refractivity contribution in [1.82, 2.24) is 5.32 Å². The van der Waals surface area contributed by atoms with Crippen molar-refractivity contribution in [3.63, 3.8) is 0 Å². The Morgan fingerprint density at radius 2 is 1.65 bits per heavy atom. The molecule has 0 spiro atoms. The van der Waals surface area contributed by atoms with E-state index in [2.05, 4.69) is 34.5 Å². The number of nitrogens with zero attached hydrogens (tertiary/aromatic N) is 1. The number of ether oxygens (including phenoxy) is 2. The van der Waals surface area contributed by atoms with Crippen LogP contribution < -0.4 is 19.7 Å². The number of methoxy groups -OCH3 is 1. The standard InChI is InChI=1S/C21H26N2O3/c1-16(26-20-11-9-19(25-2)10-12-20)21(24)22-15-17-5-7-18(8-6-17)23-13-3-4-14-23/h5-12,16H,3-4,13-15H2,1-2H3,(H,22,24)/t16-/m1/s1. The molecule has 1 atom stereocenters. The molecule has 2 aromatic carbocycles. The molecular formula is C21H26N2O3. The second-order valence-electron chi connectivity index (χ2n) is 6.51. The fraction of sp³-hybridized carbons (Fsp3) is 0.381. The Bertz CT molecular complexity index is 707. The van der Waals surface area contributed by atoms with Gasteiger partial charge in [-0.25, -0.2) is 0 Å². The van der Waals surface area contributed by atoms with Crippen LogP contribution in [-0.4, -0.2) is 32.2 Å². The van der Waals surface area contributed by atoms with Gasteiger partial charge in [0.05, 0.1) is 7.11 Å². The Hall–Kier alpha value is -2.69. The van der Waals surface area contributed by atoms with Gasteiger partial charge >= 0.3 is 0 Å². The SMILES string of the molecule is COc1ccc(O[C@H](C)C(=O)NCc2ccc(N3CCCC3)cc2)cc1. The van der Waals surface area contributed by atoms with Crippen LogP contribution in [0.3, 0.4) is 0 Å². The van der Waals surface area contributed by atoms with Gasteiger partial charge in [0.1, 0.15) is 11.5 Å². The monoisotopic (exact) mass is 354 g/mol. The summed E-state index contributed by atoms with van der Waals surface area (Å²) in [6.07, 6.45) is 1.97. The second-order valence-corrected chi connectivity index (χ2v) is 6.51. The summed E-state index contributed by atoms with van der Waals surface area (Å²) in [5.74, 6) is 1.26. The van der Waals surface area contributed by atoms with E-state index in [0.29, 0.717) is 12.3 Å². The van der Waals surface area contributed by atoms with E-state index in [9.17, 15) is 4.79 Å². The van der Waals surface area contributed by atoms with E-state index in [1.54, 1.807) is 26.2 Å². The lowest BCUT2D eigenvalue weighted by atomic mass is 10.2. The minimum absolute atomic E-state index is 0.135. The largest absolute Gasteiger partial charge is 0.497 e. The average Bonchev–Trinajstić information content (AvgIpc) is 3.22. The maximum Gasteiger partial charge on any atom is 0.261 e. The molecule has 0 aromatic heterocycles. The summed E-state index contributed by atoms with van der Waals surface area (Å²) < 4.78 is 10.8. The highest BCUT2D eigenvalue weighted by molar-refractivity contribution is 5.80. The van der Waals surface area contributed by atoms with Gasteiger partial charge in [0.2, 0.25) is 0 Å². The van der Waals surface area contributed by atoms with Crippen LogP contribution >= 0.6 is 0 Å². The Balaban J connectivity index is 1.47. The minimum Gasteiger partial charge on any atom is -0.497 e. The Morgan fingerprint density at radius 1 is 1.04 bits per heavy atom. The van der Waals surface area contributed by atoms with E-state index in [4.69, 9.17) is 9.47 Å². The predicted molar refractivity (Wildman–Crippen MR) is 103 cm³/mol. The maximum absolute atomic E-state index is 12.3. The van der Waals surface area contributed by atoms with Crippen LogP contribution in [0, 0.1) is 0 Å². The number of hydrogen-bond donors (Lipinski definition) is 1. The van der Waals surface area contributed by atoms with Gasteiger partial charge in [-0.1, -0.05) is 12.1 Å². The molecule has 0 unspecified atom stereocenters. The van der Waals surface area contributed by atoms with E-state index >= 15 is 0 Å². The van der Waals surface area contributed by atoms with Crippen LogP contribution in [0.15, 0.2) is 48.5 Å². The lowest BCUT2D eigenvalue weighted by Crippen LogP contribution is -2.35. The molecule has 1 saturated heterocycles. The predicted octanol–water partition coefficient (Wildman–Crippen LogP) is 3.38. The molecule has 1 heterocycles. The number of carbonyl (C=O) groups is 1. The van der Waals surface area contributed by atoms with Gasteiger partial charge in [0.25, 0.3) is 5.91 Å². The van der Waals surface area contributed by atoms with Gasteiger partial charge in [0.15, 0.2) is 6.10 Å². The van der Waals surface area contributed by atoms with E-state index in [1.807, 2.05) is 12.1 Å². The molecule has 1 aliphatic heterocycles.